The van der Waals surface area contributed by atoms with Gasteiger partial charge in [0, 0.05) is 23.3 Å². The van der Waals surface area contributed by atoms with Gasteiger partial charge in [0.1, 0.15) is 0 Å². The van der Waals surface area contributed by atoms with Gasteiger partial charge in [0.15, 0.2) is 0 Å². The highest BCUT2D eigenvalue weighted by molar-refractivity contribution is 5.94. The Morgan fingerprint density at radius 1 is 1.21 bits per heavy atom. The Balaban J connectivity index is 1.88. The third kappa shape index (κ3) is 4.27. The average Bonchev–Trinajstić information content (AvgIpc) is 3.24. The van der Waals surface area contributed by atoms with Gasteiger partial charge in [0.2, 0.25) is 5.91 Å². The minimum Gasteiger partial charge on any atom is -0.382 e. The van der Waals surface area contributed by atoms with Crippen LogP contribution in [0, 0.1) is 5.92 Å². The Bertz CT molecular complexity index is 409. The first-order chi connectivity index (χ1) is 9.22. The van der Waals surface area contributed by atoms with E-state index < -0.39 is 0 Å². The standard InChI is InChI=1S/C16H24N2O/c1-3-5-13(4-2)17-14-8-10-15(11-9-14)18-16(19)12-6-7-12/h8-13,17H,3-7H2,1-2H3,(H,18,19). The lowest BCUT2D eigenvalue weighted by Crippen LogP contribution is -2.18. The minimum absolute atomic E-state index is 0.165. The number of anilines is 2. The number of nitrogens with one attached hydrogen (secondary N) is 2. The zero-order valence-corrected chi connectivity index (χ0v) is 11.9. The second-order valence-electron chi connectivity index (χ2n) is 5.38. The van der Waals surface area contributed by atoms with Crippen molar-refractivity contribution in [1.82, 2.24) is 0 Å². The molecule has 2 rings (SSSR count). The molecule has 1 atom stereocenters. The highest BCUT2D eigenvalue weighted by Gasteiger charge is 2.29. The van der Waals surface area contributed by atoms with Gasteiger partial charge < -0.3 is 10.6 Å². The van der Waals surface area contributed by atoms with Crippen molar-refractivity contribution in [2.24, 2.45) is 5.92 Å². The first-order valence-electron chi connectivity index (χ1n) is 7.40. The van der Waals surface area contributed by atoms with Crippen LogP contribution in [0.15, 0.2) is 24.3 Å². The van der Waals surface area contributed by atoms with Gasteiger partial charge in [0.25, 0.3) is 0 Å². The molecular weight excluding hydrogens is 236 g/mol. The van der Waals surface area contributed by atoms with Gasteiger partial charge in [-0.15, -0.1) is 0 Å². The molecule has 1 aliphatic carbocycles. The van der Waals surface area contributed by atoms with E-state index in [1.807, 2.05) is 24.3 Å². The number of benzene rings is 1. The maximum atomic E-state index is 11.6. The monoisotopic (exact) mass is 260 g/mol. The average molecular weight is 260 g/mol. The molecule has 104 valence electrons. The Morgan fingerprint density at radius 3 is 2.37 bits per heavy atom. The van der Waals surface area contributed by atoms with E-state index in [0.717, 1.165) is 30.6 Å². The number of rotatable bonds is 7. The van der Waals surface area contributed by atoms with Crippen LogP contribution in [0.2, 0.25) is 0 Å². The fourth-order valence-electron chi connectivity index (χ4n) is 2.20. The molecule has 1 saturated carbocycles. The van der Waals surface area contributed by atoms with Crippen LogP contribution in [0.1, 0.15) is 46.0 Å². The lowest BCUT2D eigenvalue weighted by molar-refractivity contribution is -0.117. The molecule has 2 N–H and O–H groups in total. The normalized spacial score (nSPS) is 15.9. The van der Waals surface area contributed by atoms with E-state index in [0.29, 0.717) is 6.04 Å². The van der Waals surface area contributed by atoms with E-state index in [4.69, 9.17) is 0 Å². The Hall–Kier alpha value is -1.51. The molecule has 0 bridgehead atoms. The molecule has 1 fully saturated rings. The van der Waals surface area contributed by atoms with E-state index in [1.54, 1.807) is 0 Å². The Kier molecular flexibility index (Phi) is 4.83. The summed E-state index contributed by atoms with van der Waals surface area (Å²) in [5.41, 5.74) is 2.02. The summed E-state index contributed by atoms with van der Waals surface area (Å²) in [5, 5.41) is 6.49. The van der Waals surface area contributed by atoms with Crippen LogP contribution in [0.4, 0.5) is 11.4 Å². The highest BCUT2D eigenvalue weighted by Crippen LogP contribution is 2.30. The van der Waals surface area contributed by atoms with Crippen molar-refractivity contribution in [2.75, 3.05) is 10.6 Å². The lowest BCUT2D eigenvalue weighted by Gasteiger charge is -2.17. The summed E-state index contributed by atoms with van der Waals surface area (Å²) < 4.78 is 0. The van der Waals surface area contributed by atoms with Crippen LogP contribution in [-0.4, -0.2) is 11.9 Å². The summed E-state index contributed by atoms with van der Waals surface area (Å²) in [4.78, 5) is 11.6. The van der Waals surface area contributed by atoms with Gasteiger partial charge in [-0.05, 0) is 49.9 Å². The maximum absolute atomic E-state index is 11.6. The van der Waals surface area contributed by atoms with Gasteiger partial charge >= 0.3 is 0 Å². The molecule has 1 unspecified atom stereocenters. The maximum Gasteiger partial charge on any atom is 0.227 e. The van der Waals surface area contributed by atoms with Crippen molar-refractivity contribution in [2.45, 2.75) is 52.0 Å². The van der Waals surface area contributed by atoms with Crippen molar-refractivity contribution >= 4 is 17.3 Å². The number of amides is 1. The SMILES string of the molecule is CCCC(CC)Nc1ccc(NC(=O)C2CC2)cc1. The van der Waals surface area contributed by atoms with Gasteiger partial charge in [-0.2, -0.15) is 0 Å². The quantitative estimate of drug-likeness (QED) is 0.777. The second kappa shape index (κ2) is 6.60. The highest BCUT2D eigenvalue weighted by atomic mass is 16.2. The number of hydrogen-bond acceptors (Lipinski definition) is 2. The second-order valence-corrected chi connectivity index (χ2v) is 5.38. The molecule has 1 aromatic carbocycles. The minimum atomic E-state index is 0.165. The van der Waals surface area contributed by atoms with Crippen molar-refractivity contribution < 1.29 is 4.79 Å². The van der Waals surface area contributed by atoms with Crippen LogP contribution < -0.4 is 10.6 Å². The molecule has 3 heteroatoms. The molecular formula is C16H24N2O. The molecule has 0 aromatic heterocycles. The van der Waals surface area contributed by atoms with Gasteiger partial charge in [-0.1, -0.05) is 20.3 Å². The molecule has 3 nitrogen and oxygen atoms in total. The van der Waals surface area contributed by atoms with Crippen molar-refractivity contribution in [1.29, 1.82) is 0 Å². The van der Waals surface area contributed by atoms with Crippen LogP contribution in [0.3, 0.4) is 0 Å². The molecule has 0 saturated heterocycles. The van der Waals surface area contributed by atoms with Crippen LogP contribution in [-0.2, 0) is 4.79 Å². The smallest absolute Gasteiger partial charge is 0.227 e. The predicted octanol–water partition coefficient (Wildman–Crippen LogP) is 4.03. The summed E-state index contributed by atoms with van der Waals surface area (Å²) in [7, 11) is 0. The van der Waals surface area contributed by atoms with E-state index in [9.17, 15) is 4.79 Å². The summed E-state index contributed by atoms with van der Waals surface area (Å²) in [5.74, 6) is 0.421. The number of carbonyl (C=O) groups excluding carboxylic acids is 1. The Morgan fingerprint density at radius 2 is 1.84 bits per heavy atom. The molecule has 0 aliphatic heterocycles. The van der Waals surface area contributed by atoms with E-state index in [1.165, 1.54) is 12.8 Å². The summed E-state index contributed by atoms with van der Waals surface area (Å²) in [6, 6.07) is 8.57. The molecule has 19 heavy (non-hydrogen) atoms. The Labute approximate surface area is 115 Å². The summed E-state index contributed by atoms with van der Waals surface area (Å²) in [6.07, 6.45) is 5.60. The molecule has 0 spiro atoms. The third-order valence-electron chi connectivity index (χ3n) is 3.60. The first kappa shape index (κ1) is 13.9. The van der Waals surface area contributed by atoms with Crippen molar-refractivity contribution in [3.63, 3.8) is 0 Å². The first-order valence-corrected chi connectivity index (χ1v) is 7.40. The van der Waals surface area contributed by atoms with Crippen molar-refractivity contribution in [3.05, 3.63) is 24.3 Å². The molecule has 1 aromatic rings. The fourth-order valence-corrected chi connectivity index (χ4v) is 2.20. The van der Waals surface area contributed by atoms with E-state index in [2.05, 4.69) is 24.5 Å². The lowest BCUT2D eigenvalue weighted by atomic mass is 10.1. The summed E-state index contributed by atoms with van der Waals surface area (Å²) in [6.45, 7) is 4.42. The van der Waals surface area contributed by atoms with E-state index >= 15 is 0 Å². The van der Waals surface area contributed by atoms with Crippen LogP contribution >= 0.6 is 0 Å². The number of carbonyl (C=O) groups is 1. The van der Waals surface area contributed by atoms with Crippen LogP contribution in [0.5, 0.6) is 0 Å². The van der Waals surface area contributed by atoms with Crippen LogP contribution in [0.25, 0.3) is 0 Å². The number of hydrogen-bond donors (Lipinski definition) is 2. The molecule has 0 heterocycles. The molecule has 1 aliphatic rings. The molecule has 0 radical (unpaired) electrons. The largest absolute Gasteiger partial charge is 0.382 e. The zero-order valence-electron chi connectivity index (χ0n) is 11.9. The zero-order chi connectivity index (χ0) is 13.7. The van der Waals surface area contributed by atoms with Crippen molar-refractivity contribution in [3.8, 4) is 0 Å². The van der Waals surface area contributed by atoms with E-state index in [-0.39, 0.29) is 11.8 Å². The third-order valence-corrected chi connectivity index (χ3v) is 3.60. The summed E-state index contributed by atoms with van der Waals surface area (Å²) >= 11 is 0. The molecule has 1 amide bonds. The van der Waals surface area contributed by atoms with Gasteiger partial charge in [-0.3, -0.25) is 4.79 Å². The van der Waals surface area contributed by atoms with Gasteiger partial charge in [-0.25, -0.2) is 0 Å². The topological polar surface area (TPSA) is 41.1 Å². The predicted molar refractivity (Wildman–Crippen MR) is 80.4 cm³/mol. The van der Waals surface area contributed by atoms with Gasteiger partial charge in [0.05, 0.1) is 0 Å². The fraction of sp³-hybridized carbons (Fsp3) is 0.562.